The third-order valence-electron chi connectivity index (χ3n) is 5.46. The molecule has 220 valence electrons. The van der Waals surface area contributed by atoms with Crippen LogP contribution in [0.2, 0.25) is 0 Å². The van der Waals surface area contributed by atoms with Gasteiger partial charge in [0.1, 0.15) is 35.1 Å². The second-order valence-corrected chi connectivity index (χ2v) is 11.5. The molecule has 2 aromatic rings. The van der Waals surface area contributed by atoms with Crippen LogP contribution < -0.4 is 10.6 Å². The van der Waals surface area contributed by atoms with E-state index in [0.717, 1.165) is 10.5 Å². The first-order chi connectivity index (χ1) is 19.0. The third kappa shape index (κ3) is 10.5. The van der Waals surface area contributed by atoms with Gasteiger partial charge in [0.05, 0.1) is 0 Å². The fourth-order valence-corrected chi connectivity index (χ4v) is 3.80. The Morgan fingerprint density at radius 1 is 0.927 bits per heavy atom. The van der Waals surface area contributed by atoms with E-state index < -0.39 is 53.2 Å². The minimum atomic E-state index is -1.47. The van der Waals surface area contributed by atoms with Crippen LogP contribution in [-0.2, 0) is 30.3 Å². The summed E-state index contributed by atoms with van der Waals surface area (Å²) in [5.74, 6) is -2.43. The van der Waals surface area contributed by atoms with Gasteiger partial charge in [-0.1, -0.05) is 48.9 Å². The number of hydrogen-bond donors (Lipinski definition) is 3. The number of alkyl carbamates (subject to hydrolysis) is 1. The Morgan fingerprint density at radius 3 is 2.07 bits per heavy atom. The molecule has 3 atom stereocenters. The van der Waals surface area contributed by atoms with Gasteiger partial charge in [-0.3, -0.25) is 14.5 Å². The van der Waals surface area contributed by atoms with E-state index >= 15 is 0 Å². The van der Waals surface area contributed by atoms with Gasteiger partial charge in [0.25, 0.3) is 5.91 Å². The lowest BCUT2D eigenvalue weighted by Gasteiger charge is -2.31. The molecule has 10 nitrogen and oxygen atoms in total. The van der Waals surface area contributed by atoms with Crippen molar-refractivity contribution in [2.75, 3.05) is 0 Å². The lowest BCUT2D eigenvalue weighted by molar-refractivity contribution is -0.159. The maximum absolute atomic E-state index is 13.9. The third-order valence-corrected chi connectivity index (χ3v) is 5.46. The fraction of sp³-hybridized carbons (Fsp3) is 0.419. The molecule has 0 fully saturated rings. The summed E-state index contributed by atoms with van der Waals surface area (Å²) in [6.45, 7) is 11.5. The average molecular weight is 566 g/mol. The number of esters is 1. The number of carbonyl (C=O) groups excluding carboxylic acids is 4. The number of phenols is 1. The minimum Gasteiger partial charge on any atom is -0.508 e. The van der Waals surface area contributed by atoms with E-state index in [0.29, 0.717) is 0 Å². The molecule has 0 bridgehead atoms. The molecule has 41 heavy (non-hydrogen) atoms. The normalized spacial score (nSPS) is 13.5. The van der Waals surface area contributed by atoms with Crippen molar-refractivity contribution in [1.82, 2.24) is 15.5 Å². The van der Waals surface area contributed by atoms with Crippen LogP contribution in [-0.4, -0.2) is 57.2 Å². The quantitative estimate of drug-likeness (QED) is 0.239. The SMILES string of the molecule is C#CN(C(=O)C(C)NC(=O)OC(C)(C)C)C(C(=O)NC(Cc1ccccc1)C(=O)OC(C)(C)C)c1cccc(O)c1. The van der Waals surface area contributed by atoms with Crippen LogP contribution in [0.1, 0.15) is 65.6 Å². The summed E-state index contributed by atoms with van der Waals surface area (Å²) in [6.07, 6.45) is 4.99. The van der Waals surface area contributed by atoms with Crippen molar-refractivity contribution >= 4 is 23.9 Å². The largest absolute Gasteiger partial charge is 0.508 e. The zero-order valence-corrected chi connectivity index (χ0v) is 24.6. The van der Waals surface area contributed by atoms with Gasteiger partial charge in [0.2, 0.25) is 5.91 Å². The van der Waals surface area contributed by atoms with Gasteiger partial charge in [0, 0.05) is 12.5 Å². The summed E-state index contributed by atoms with van der Waals surface area (Å²) in [6, 6.07) is 13.2. The van der Waals surface area contributed by atoms with Crippen LogP contribution in [0, 0.1) is 12.5 Å². The Kier molecular flexibility index (Phi) is 10.9. The van der Waals surface area contributed by atoms with E-state index in [1.165, 1.54) is 31.2 Å². The lowest BCUT2D eigenvalue weighted by atomic mass is 10.0. The smallest absolute Gasteiger partial charge is 0.408 e. The second kappa shape index (κ2) is 13.7. The van der Waals surface area contributed by atoms with Crippen molar-refractivity contribution in [3.63, 3.8) is 0 Å². The maximum Gasteiger partial charge on any atom is 0.408 e. The number of nitrogens with one attached hydrogen (secondary N) is 2. The molecule has 0 saturated carbocycles. The van der Waals surface area contributed by atoms with Gasteiger partial charge in [-0.25, -0.2) is 9.59 Å². The fourth-order valence-electron chi connectivity index (χ4n) is 3.80. The van der Waals surface area contributed by atoms with Crippen LogP contribution in [0.15, 0.2) is 54.6 Å². The summed E-state index contributed by atoms with van der Waals surface area (Å²) in [5.41, 5.74) is -0.693. The van der Waals surface area contributed by atoms with E-state index in [9.17, 15) is 24.3 Å². The summed E-state index contributed by atoms with van der Waals surface area (Å²) >= 11 is 0. The van der Waals surface area contributed by atoms with Crippen molar-refractivity contribution in [2.45, 2.75) is 84.2 Å². The van der Waals surface area contributed by atoms with E-state index in [-0.39, 0.29) is 17.7 Å². The molecule has 0 aliphatic rings. The second-order valence-electron chi connectivity index (χ2n) is 11.5. The van der Waals surface area contributed by atoms with E-state index in [1.807, 2.05) is 6.07 Å². The van der Waals surface area contributed by atoms with Crippen molar-refractivity contribution in [3.8, 4) is 18.2 Å². The Morgan fingerprint density at radius 2 is 1.54 bits per heavy atom. The molecular weight excluding hydrogens is 526 g/mol. The molecule has 0 aliphatic heterocycles. The number of benzene rings is 2. The van der Waals surface area contributed by atoms with Crippen LogP contribution in [0.5, 0.6) is 5.75 Å². The molecule has 0 heterocycles. The number of nitrogens with zero attached hydrogens (tertiary/aromatic N) is 1. The number of terminal acetylenes is 1. The summed E-state index contributed by atoms with van der Waals surface area (Å²) in [4.78, 5) is 53.6. The van der Waals surface area contributed by atoms with Gasteiger partial charge in [-0.2, -0.15) is 0 Å². The molecule has 3 amide bonds. The highest BCUT2D eigenvalue weighted by Crippen LogP contribution is 2.25. The Hall–Kier alpha value is -4.52. The van der Waals surface area contributed by atoms with Gasteiger partial charge in [0.15, 0.2) is 0 Å². The Balaban J connectivity index is 2.44. The summed E-state index contributed by atoms with van der Waals surface area (Å²) in [5, 5.41) is 15.2. The van der Waals surface area contributed by atoms with Gasteiger partial charge in [-0.05, 0) is 71.7 Å². The zero-order valence-electron chi connectivity index (χ0n) is 24.6. The average Bonchev–Trinajstić information content (AvgIpc) is 2.84. The first-order valence-electron chi connectivity index (χ1n) is 13.2. The predicted molar refractivity (Wildman–Crippen MR) is 153 cm³/mol. The van der Waals surface area contributed by atoms with Crippen molar-refractivity contribution in [2.24, 2.45) is 0 Å². The molecule has 3 N–H and O–H groups in total. The number of hydrogen-bond acceptors (Lipinski definition) is 7. The first kappa shape index (κ1) is 32.7. The Labute approximate surface area is 241 Å². The molecule has 0 saturated heterocycles. The number of amides is 3. The van der Waals surface area contributed by atoms with Gasteiger partial charge < -0.3 is 25.2 Å². The minimum absolute atomic E-state index is 0.106. The molecular formula is C31H39N3O7. The summed E-state index contributed by atoms with van der Waals surface area (Å²) < 4.78 is 10.8. The van der Waals surface area contributed by atoms with Crippen LogP contribution in [0.4, 0.5) is 4.79 Å². The van der Waals surface area contributed by atoms with E-state index in [1.54, 1.807) is 65.8 Å². The van der Waals surface area contributed by atoms with Gasteiger partial charge in [-0.15, -0.1) is 0 Å². The molecule has 10 heteroatoms. The van der Waals surface area contributed by atoms with Crippen molar-refractivity contribution in [1.29, 1.82) is 0 Å². The Bertz CT molecular complexity index is 1270. The molecule has 0 aliphatic carbocycles. The standard InChI is InChI=1S/C31H39N3O7/c1-9-34(27(37)20(2)32-29(39)41-31(6,7)8)25(22-16-13-17-23(35)19-22)26(36)33-24(28(38)40-30(3,4)5)18-21-14-11-10-12-15-21/h1,10-17,19-20,24-25,35H,18H2,2-8H3,(H,32,39)(H,33,36). The molecule has 3 unspecified atom stereocenters. The molecule has 0 radical (unpaired) electrons. The highest BCUT2D eigenvalue weighted by molar-refractivity contribution is 5.94. The highest BCUT2D eigenvalue weighted by atomic mass is 16.6. The molecule has 2 aromatic carbocycles. The highest BCUT2D eigenvalue weighted by Gasteiger charge is 2.37. The van der Waals surface area contributed by atoms with Crippen LogP contribution >= 0.6 is 0 Å². The predicted octanol–water partition coefficient (Wildman–Crippen LogP) is 3.84. The number of rotatable bonds is 9. The number of aromatic hydroxyl groups is 1. The van der Waals surface area contributed by atoms with Crippen LogP contribution in [0.25, 0.3) is 0 Å². The molecule has 0 spiro atoms. The number of phenolic OH excluding ortho intramolecular Hbond substituents is 1. The first-order valence-corrected chi connectivity index (χ1v) is 13.2. The van der Waals surface area contributed by atoms with Crippen molar-refractivity contribution in [3.05, 3.63) is 65.7 Å². The molecule has 2 rings (SSSR count). The number of ether oxygens (including phenoxy) is 2. The van der Waals surface area contributed by atoms with Crippen molar-refractivity contribution < 1.29 is 33.8 Å². The van der Waals surface area contributed by atoms with E-state index in [2.05, 4.69) is 16.7 Å². The zero-order chi connectivity index (χ0) is 31.0. The maximum atomic E-state index is 13.9. The van der Waals surface area contributed by atoms with Crippen LogP contribution in [0.3, 0.4) is 0 Å². The topological polar surface area (TPSA) is 134 Å². The summed E-state index contributed by atoms with van der Waals surface area (Å²) in [7, 11) is 0. The van der Waals surface area contributed by atoms with Gasteiger partial charge >= 0.3 is 12.1 Å². The molecule has 0 aromatic heterocycles. The number of carbonyl (C=O) groups is 4. The lowest BCUT2D eigenvalue weighted by Crippen LogP contribution is -2.53. The van der Waals surface area contributed by atoms with E-state index in [4.69, 9.17) is 15.9 Å². The monoisotopic (exact) mass is 565 g/mol.